The number of carbonyl (C=O) groups is 1. The summed E-state index contributed by atoms with van der Waals surface area (Å²) in [5, 5.41) is 6.16. The third-order valence-electron chi connectivity index (χ3n) is 5.20. The van der Waals surface area contributed by atoms with Crippen LogP contribution < -0.4 is 22.1 Å². The van der Waals surface area contributed by atoms with E-state index >= 15 is 0 Å². The van der Waals surface area contributed by atoms with E-state index in [-0.39, 0.29) is 29.3 Å². The van der Waals surface area contributed by atoms with E-state index in [1.54, 1.807) is 6.20 Å². The van der Waals surface area contributed by atoms with Crippen LogP contribution >= 0.6 is 0 Å². The fourth-order valence-corrected chi connectivity index (χ4v) is 3.39. The van der Waals surface area contributed by atoms with Crippen molar-refractivity contribution in [2.45, 2.75) is 64.5 Å². The summed E-state index contributed by atoms with van der Waals surface area (Å²) in [5.74, 6) is -0.652. The average molecular weight is 401 g/mol. The summed E-state index contributed by atoms with van der Waals surface area (Å²) < 4.78 is 14.6. The van der Waals surface area contributed by atoms with Crippen LogP contribution in [-0.4, -0.2) is 28.0 Å². The first-order valence-corrected chi connectivity index (χ1v) is 10.1. The van der Waals surface area contributed by atoms with Crippen LogP contribution in [0.5, 0.6) is 0 Å². The molecule has 2 aromatic heterocycles. The molecule has 0 unspecified atom stereocenters. The van der Waals surface area contributed by atoms with Crippen molar-refractivity contribution in [3.05, 3.63) is 41.0 Å². The first-order valence-electron chi connectivity index (χ1n) is 10.1. The molecule has 7 nitrogen and oxygen atoms in total. The molecule has 1 aliphatic rings. The molecule has 1 fully saturated rings. The van der Waals surface area contributed by atoms with Gasteiger partial charge in [0.05, 0.1) is 17.4 Å². The molecule has 156 valence electrons. The maximum atomic E-state index is 14.6. The molecule has 2 heterocycles. The van der Waals surface area contributed by atoms with Crippen LogP contribution in [0, 0.1) is 12.7 Å². The van der Waals surface area contributed by atoms with E-state index in [2.05, 4.69) is 20.6 Å². The fourth-order valence-electron chi connectivity index (χ4n) is 3.39. The molecule has 1 saturated carbocycles. The molecule has 0 radical (unpaired) electrons. The van der Waals surface area contributed by atoms with Crippen LogP contribution in [0.15, 0.2) is 18.3 Å². The van der Waals surface area contributed by atoms with Crippen LogP contribution in [-0.2, 0) is 0 Å². The molecule has 3 rings (SSSR count). The highest BCUT2D eigenvalue weighted by Crippen LogP contribution is 2.42. The monoisotopic (exact) mass is 400 g/mol. The molecule has 2 aromatic rings. The molecule has 8 heteroatoms. The largest absolute Gasteiger partial charge is 0.365 e. The Balaban J connectivity index is 1.94. The van der Waals surface area contributed by atoms with Gasteiger partial charge < -0.3 is 22.1 Å². The molecular weight excluding hydrogens is 371 g/mol. The normalized spacial score (nSPS) is 15.6. The molecule has 0 spiro atoms. The molecule has 0 aromatic carbocycles. The van der Waals surface area contributed by atoms with Crippen LogP contribution in [0.3, 0.4) is 0 Å². The summed E-state index contributed by atoms with van der Waals surface area (Å²) >= 11 is 0. The predicted octanol–water partition coefficient (Wildman–Crippen LogP) is 3.57. The van der Waals surface area contributed by atoms with Gasteiger partial charge in [0.1, 0.15) is 5.82 Å². The SMILES string of the molecule is CCC[C@@H](Nc1nc(Nc2cnc(C)c(C3CC3)c2)c(C(N)=O)cc1F)[C@H](C)N. The second kappa shape index (κ2) is 8.73. The lowest BCUT2D eigenvalue weighted by Crippen LogP contribution is -2.38. The standard InChI is InChI=1S/C21H29FN6O/c1-4-5-18(11(2)23)27-21-17(22)9-16(19(24)29)20(28-21)26-14-8-15(13-6-7-13)12(3)25-10-14/h8-11,13,18H,4-7,23H2,1-3H3,(H2,24,29)(H2,26,27,28)/t11-,18+/m0/s1. The van der Waals surface area contributed by atoms with Gasteiger partial charge >= 0.3 is 0 Å². The lowest BCUT2D eigenvalue weighted by molar-refractivity contribution is 0.100. The number of aryl methyl sites for hydroxylation is 1. The van der Waals surface area contributed by atoms with Crippen LogP contribution in [0.4, 0.5) is 21.7 Å². The Morgan fingerprint density at radius 3 is 2.66 bits per heavy atom. The maximum Gasteiger partial charge on any atom is 0.252 e. The van der Waals surface area contributed by atoms with Gasteiger partial charge in [0.2, 0.25) is 0 Å². The van der Waals surface area contributed by atoms with Gasteiger partial charge in [-0.05, 0) is 56.7 Å². The summed E-state index contributed by atoms with van der Waals surface area (Å²) in [4.78, 5) is 20.6. The summed E-state index contributed by atoms with van der Waals surface area (Å²) in [6.07, 6.45) is 5.64. The Bertz CT molecular complexity index is 897. The Labute approximate surface area is 170 Å². The van der Waals surface area contributed by atoms with Crippen molar-refractivity contribution in [2.24, 2.45) is 11.5 Å². The summed E-state index contributed by atoms with van der Waals surface area (Å²) in [7, 11) is 0. The summed E-state index contributed by atoms with van der Waals surface area (Å²) in [6, 6.07) is 2.78. The number of halogens is 1. The van der Waals surface area contributed by atoms with E-state index in [9.17, 15) is 9.18 Å². The predicted molar refractivity (Wildman–Crippen MR) is 113 cm³/mol. The van der Waals surface area contributed by atoms with Crippen molar-refractivity contribution >= 4 is 23.2 Å². The minimum atomic E-state index is -0.759. The molecule has 0 saturated heterocycles. The number of hydrogen-bond donors (Lipinski definition) is 4. The molecule has 2 atom stereocenters. The van der Waals surface area contributed by atoms with Gasteiger partial charge in [-0.15, -0.1) is 0 Å². The number of nitrogens with two attached hydrogens (primary N) is 2. The van der Waals surface area contributed by atoms with Gasteiger partial charge in [-0.2, -0.15) is 0 Å². The van der Waals surface area contributed by atoms with E-state index in [4.69, 9.17) is 11.5 Å². The zero-order valence-corrected chi connectivity index (χ0v) is 17.1. The number of amides is 1. The molecule has 6 N–H and O–H groups in total. The van der Waals surface area contributed by atoms with E-state index in [1.807, 2.05) is 26.8 Å². The molecule has 1 aliphatic carbocycles. The highest BCUT2D eigenvalue weighted by atomic mass is 19.1. The van der Waals surface area contributed by atoms with Crippen molar-refractivity contribution in [1.82, 2.24) is 9.97 Å². The number of hydrogen-bond acceptors (Lipinski definition) is 6. The van der Waals surface area contributed by atoms with Crippen molar-refractivity contribution in [2.75, 3.05) is 10.6 Å². The summed E-state index contributed by atoms with van der Waals surface area (Å²) in [6.45, 7) is 5.87. The second-order valence-electron chi connectivity index (χ2n) is 7.78. The molecule has 1 amide bonds. The topological polar surface area (TPSA) is 119 Å². The van der Waals surface area contributed by atoms with Gasteiger partial charge in [0.15, 0.2) is 11.6 Å². The minimum Gasteiger partial charge on any atom is -0.365 e. The van der Waals surface area contributed by atoms with Gasteiger partial charge in [-0.25, -0.2) is 9.37 Å². The van der Waals surface area contributed by atoms with Crippen molar-refractivity contribution in [3.8, 4) is 0 Å². The minimum absolute atomic E-state index is 0.0190. The highest BCUT2D eigenvalue weighted by molar-refractivity contribution is 5.98. The van der Waals surface area contributed by atoms with E-state index < -0.39 is 11.7 Å². The Morgan fingerprint density at radius 1 is 1.34 bits per heavy atom. The average Bonchev–Trinajstić information content (AvgIpc) is 3.49. The Hall–Kier alpha value is -2.74. The van der Waals surface area contributed by atoms with Crippen LogP contribution in [0.2, 0.25) is 0 Å². The quantitative estimate of drug-likeness (QED) is 0.511. The zero-order chi connectivity index (χ0) is 21.1. The second-order valence-corrected chi connectivity index (χ2v) is 7.78. The number of primary amides is 1. The number of nitrogens with zero attached hydrogens (tertiary/aromatic N) is 2. The third kappa shape index (κ3) is 5.00. The van der Waals surface area contributed by atoms with Crippen molar-refractivity contribution in [1.29, 1.82) is 0 Å². The number of pyridine rings is 2. The van der Waals surface area contributed by atoms with Gasteiger partial charge in [0.25, 0.3) is 5.91 Å². The van der Waals surface area contributed by atoms with Crippen molar-refractivity contribution < 1.29 is 9.18 Å². The van der Waals surface area contributed by atoms with Crippen LogP contribution in [0.25, 0.3) is 0 Å². The first kappa shape index (κ1) is 21.0. The van der Waals surface area contributed by atoms with Gasteiger partial charge in [-0.3, -0.25) is 9.78 Å². The zero-order valence-electron chi connectivity index (χ0n) is 17.1. The van der Waals surface area contributed by atoms with Crippen LogP contribution in [0.1, 0.15) is 67.1 Å². The first-order chi connectivity index (χ1) is 13.8. The Kier molecular flexibility index (Phi) is 6.32. The van der Waals surface area contributed by atoms with E-state index in [0.29, 0.717) is 11.6 Å². The molecule has 0 bridgehead atoms. The maximum absolute atomic E-state index is 14.6. The number of carbonyl (C=O) groups excluding carboxylic acids is 1. The lowest BCUT2D eigenvalue weighted by atomic mass is 10.1. The molecule has 29 heavy (non-hydrogen) atoms. The van der Waals surface area contributed by atoms with Gasteiger partial charge in [0, 0.05) is 17.8 Å². The fraction of sp³-hybridized carbons (Fsp3) is 0.476. The van der Waals surface area contributed by atoms with Crippen molar-refractivity contribution in [3.63, 3.8) is 0 Å². The van der Waals surface area contributed by atoms with Gasteiger partial charge in [-0.1, -0.05) is 13.3 Å². The number of anilines is 3. The van der Waals surface area contributed by atoms with E-state index in [1.165, 1.54) is 5.56 Å². The highest BCUT2D eigenvalue weighted by Gasteiger charge is 2.26. The number of nitrogens with one attached hydrogen (secondary N) is 2. The molecular formula is C21H29FN6O. The molecule has 0 aliphatic heterocycles. The third-order valence-corrected chi connectivity index (χ3v) is 5.20. The number of rotatable bonds is 9. The summed E-state index contributed by atoms with van der Waals surface area (Å²) in [5.41, 5.74) is 14.3. The smallest absolute Gasteiger partial charge is 0.252 e. The van der Waals surface area contributed by atoms with E-state index in [0.717, 1.165) is 37.4 Å². The lowest BCUT2D eigenvalue weighted by Gasteiger charge is -2.23. The number of aromatic nitrogens is 2. The Morgan fingerprint density at radius 2 is 2.07 bits per heavy atom.